The van der Waals surface area contributed by atoms with Crippen molar-refractivity contribution >= 4 is 5.97 Å². The molecule has 0 saturated carbocycles. The number of esters is 1. The summed E-state index contributed by atoms with van der Waals surface area (Å²) < 4.78 is 4.89. The van der Waals surface area contributed by atoms with Crippen molar-refractivity contribution in [2.45, 2.75) is 25.3 Å². The zero-order chi connectivity index (χ0) is 14.2. The second kappa shape index (κ2) is 8.02. The van der Waals surface area contributed by atoms with Gasteiger partial charge in [-0.2, -0.15) is 0 Å². The Morgan fingerprint density at radius 2 is 1.95 bits per heavy atom. The summed E-state index contributed by atoms with van der Waals surface area (Å²) in [5.41, 5.74) is 0.956. The Bertz CT molecular complexity index is 402. The highest BCUT2D eigenvalue weighted by Crippen LogP contribution is 2.14. The molecule has 2 rings (SSSR count). The van der Waals surface area contributed by atoms with Crippen molar-refractivity contribution in [3.05, 3.63) is 35.9 Å². The molecule has 1 atom stereocenters. The van der Waals surface area contributed by atoms with Crippen LogP contribution in [0.2, 0.25) is 0 Å². The van der Waals surface area contributed by atoms with Crippen LogP contribution in [0.5, 0.6) is 0 Å². The largest absolute Gasteiger partial charge is 0.468 e. The number of hydrogen-bond acceptors (Lipinski definition) is 4. The molecule has 0 radical (unpaired) electrons. The first-order valence-corrected chi connectivity index (χ1v) is 7.40. The fraction of sp³-hybridized carbons (Fsp3) is 0.562. The van der Waals surface area contributed by atoms with Gasteiger partial charge in [-0.3, -0.25) is 5.32 Å². The van der Waals surface area contributed by atoms with E-state index in [1.165, 1.54) is 39.5 Å². The van der Waals surface area contributed by atoms with Gasteiger partial charge in [-0.25, -0.2) is 4.79 Å². The third-order valence-corrected chi connectivity index (χ3v) is 3.79. The first-order valence-electron chi connectivity index (χ1n) is 7.40. The average molecular weight is 276 g/mol. The monoisotopic (exact) mass is 276 g/mol. The Morgan fingerprint density at radius 1 is 1.25 bits per heavy atom. The molecule has 0 spiro atoms. The molecule has 1 aromatic carbocycles. The number of hydrogen-bond donors (Lipinski definition) is 1. The van der Waals surface area contributed by atoms with E-state index in [0.717, 1.165) is 18.7 Å². The van der Waals surface area contributed by atoms with Gasteiger partial charge in [0.15, 0.2) is 0 Å². The molecule has 4 nitrogen and oxygen atoms in total. The summed E-state index contributed by atoms with van der Waals surface area (Å²) in [7, 11) is 1.44. The van der Waals surface area contributed by atoms with Gasteiger partial charge >= 0.3 is 5.97 Å². The number of rotatable bonds is 6. The number of nitrogens with zero attached hydrogens (tertiary/aromatic N) is 1. The number of nitrogens with one attached hydrogen (secondary N) is 1. The van der Waals surface area contributed by atoms with Crippen molar-refractivity contribution < 1.29 is 9.53 Å². The van der Waals surface area contributed by atoms with Gasteiger partial charge < -0.3 is 9.64 Å². The van der Waals surface area contributed by atoms with Crippen molar-refractivity contribution in [2.24, 2.45) is 0 Å². The molecule has 1 fully saturated rings. The SMILES string of the molecule is COC(=O)C(NCCN1CCCCC1)c1ccccc1. The first-order chi connectivity index (χ1) is 9.81. The van der Waals surface area contributed by atoms with Crippen LogP contribution in [0.25, 0.3) is 0 Å². The standard InChI is InChI=1S/C16H24N2O2/c1-20-16(19)15(14-8-4-2-5-9-14)17-10-13-18-11-6-3-7-12-18/h2,4-5,8-9,15,17H,3,6-7,10-13H2,1H3. The van der Waals surface area contributed by atoms with Crippen molar-refractivity contribution in [1.29, 1.82) is 0 Å². The Morgan fingerprint density at radius 3 is 2.60 bits per heavy atom. The Hall–Kier alpha value is -1.39. The highest BCUT2D eigenvalue weighted by Gasteiger charge is 2.20. The zero-order valence-corrected chi connectivity index (χ0v) is 12.2. The van der Waals surface area contributed by atoms with Crippen LogP contribution in [0.3, 0.4) is 0 Å². The molecular formula is C16H24N2O2. The number of carbonyl (C=O) groups excluding carboxylic acids is 1. The van der Waals surface area contributed by atoms with Crippen LogP contribution in [-0.2, 0) is 9.53 Å². The summed E-state index contributed by atoms with van der Waals surface area (Å²) in [5, 5.41) is 3.32. The topological polar surface area (TPSA) is 41.6 Å². The van der Waals surface area contributed by atoms with Gasteiger partial charge in [-0.05, 0) is 31.5 Å². The van der Waals surface area contributed by atoms with E-state index in [1.54, 1.807) is 0 Å². The van der Waals surface area contributed by atoms with Crippen LogP contribution >= 0.6 is 0 Å². The van der Waals surface area contributed by atoms with Crippen molar-refractivity contribution in [1.82, 2.24) is 10.2 Å². The van der Waals surface area contributed by atoms with E-state index in [0.29, 0.717) is 0 Å². The van der Waals surface area contributed by atoms with Crippen molar-refractivity contribution in [3.8, 4) is 0 Å². The number of carbonyl (C=O) groups is 1. The minimum Gasteiger partial charge on any atom is -0.468 e. The van der Waals surface area contributed by atoms with E-state index in [4.69, 9.17) is 4.74 Å². The van der Waals surface area contributed by atoms with Gasteiger partial charge in [-0.15, -0.1) is 0 Å². The molecule has 1 N–H and O–H groups in total. The summed E-state index contributed by atoms with van der Waals surface area (Å²) in [5.74, 6) is -0.227. The van der Waals surface area contributed by atoms with E-state index in [9.17, 15) is 4.79 Å². The Balaban J connectivity index is 1.86. The minimum absolute atomic E-state index is 0.227. The van der Waals surface area contributed by atoms with Gasteiger partial charge in [0, 0.05) is 13.1 Å². The predicted octanol–water partition coefficient (Wildman–Crippen LogP) is 1.98. The number of likely N-dealkylation sites (tertiary alicyclic amines) is 1. The molecule has 1 aliphatic heterocycles. The van der Waals surface area contributed by atoms with Gasteiger partial charge in [0.1, 0.15) is 6.04 Å². The van der Waals surface area contributed by atoms with E-state index < -0.39 is 0 Å². The number of piperidine rings is 1. The van der Waals surface area contributed by atoms with Crippen LogP contribution < -0.4 is 5.32 Å². The molecule has 20 heavy (non-hydrogen) atoms. The van der Waals surface area contributed by atoms with E-state index >= 15 is 0 Å². The molecule has 0 bridgehead atoms. The van der Waals surface area contributed by atoms with Crippen LogP contribution in [0.1, 0.15) is 30.9 Å². The van der Waals surface area contributed by atoms with Crippen LogP contribution in [0.15, 0.2) is 30.3 Å². The number of ether oxygens (including phenoxy) is 1. The summed E-state index contributed by atoms with van der Waals surface area (Å²) in [4.78, 5) is 14.4. The Kier molecular flexibility index (Phi) is 6.02. The summed E-state index contributed by atoms with van der Waals surface area (Å²) in [6, 6.07) is 9.37. The normalized spacial score (nSPS) is 17.6. The van der Waals surface area contributed by atoms with E-state index in [-0.39, 0.29) is 12.0 Å². The molecule has 0 aliphatic carbocycles. The van der Waals surface area contributed by atoms with Crippen LogP contribution in [-0.4, -0.2) is 44.2 Å². The highest BCUT2D eigenvalue weighted by molar-refractivity contribution is 5.77. The first kappa shape index (κ1) is 15.0. The average Bonchev–Trinajstić information content (AvgIpc) is 2.53. The smallest absolute Gasteiger partial charge is 0.327 e. The minimum atomic E-state index is -0.369. The van der Waals surface area contributed by atoms with Gasteiger partial charge in [0.25, 0.3) is 0 Å². The van der Waals surface area contributed by atoms with Gasteiger partial charge in [0.2, 0.25) is 0 Å². The summed E-state index contributed by atoms with van der Waals surface area (Å²) in [6.07, 6.45) is 3.93. The van der Waals surface area contributed by atoms with Crippen LogP contribution in [0, 0.1) is 0 Å². The van der Waals surface area contributed by atoms with E-state index in [1.807, 2.05) is 30.3 Å². The summed E-state index contributed by atoms with van der Waals surface area (Å²) in [6.45, 7) is 4.14. The van der Waals surface area contributed by atoms with Crippen LogP contribution in [0.4, 0.5) is 0 Å². The molecule has 1 heterocycles. The summed E-state index contributed by atoms with van der Waals surface area (Å²) >= 11 is 0. The second-order valence-corrected chi connectivity index (χ2v) is 5.22. The molecule has 1 aromatic rings. The maximum absolute atomic E-state index is 11.9. The lowest BCUT2D eigenvalue weighted by Gasteiger charge is -2.27. The fourth-order valence-corrected chi connectivity index (χ4v) is 2.65. The van der Waals surface area contributed by atoms with Gasteiger partial charge in [0.05, 0.1) is 7.11 Å². The molecule has 1 unspecified atom stereocenters. The molecule has 110 valence electrons. The number of methoxy groups -OCH3 is 1. The lowest BCUT2D eigenvalue weighted by molar-refractivity contribution is -0.143. The molecule has 1 aliphatic rings. The highest BCUT2D eigenvalue weighted by atomic mass is 16.5. The molecule has 4 heteroatoms. The number of benzene rings is 1. The molecule has 0 amide bonds. The molecule has 0 aromatic heterocycles. The van der Waals surface area contributed by atoms with E-state index in [2.05, 4.69) is 10.2 Å². The molecular weight excluding hydrogens is 252 g/mol. The Labute approximate surface area is 121 Å². The lowest BCUT2D eigenvalue weighted by Crippen LogP contribution is -2.38. The van der Waals surface area contributed by atoms with Gasteiger partial charge in [-0.1, -0.05) is 36.8 Å². The van der Waals surface area contributed by atoms with Crippen molar-refractivity contribution in [2.75, 3.05) is 33.3 Å². The third-order valence-electron chi connectivity index (χ3n) is 3.79. The molecule has 1 saturated heterocycles. The second-order valence-electron chi connectivity index (χ2n) is 5.22. The maximum Gasteiger partial charge on any atom is 0.327 e. The van der Waals surface area contributed by atoms with Crippen molar-refractivity contribution in [3.63, 3.8) is 0 Å². The quantitative estimate of drug-likeness (QED) is 0.807. The maximum atomic E-state index is 11.9. The predicted molar refractivity (Wildman–Crippen MR) is 79.5 cm³/mol. The third kappa shape index (κ3) is 4.32. The fourth-order valence-electron chi connectivity index (χ4n) is 2.65. The lowest BCUT2D eigenvalue weighted by atomic mass is 10.1. The zero-order valence-electron chi connectivity index (χ0n) is 12.2.